The fourth-order valence-electron chi connectivity index (χ4n) is 2.52. The lowest BCUT2D eigenvalue weighted by Crippen LogP contribution is -2.21. The molecule has 0 bridgehead atoms. The van der Waals surface area contributed by atoms with Crippen LogP contribution in [0.5, 0.6) is 0 Å². The third kappa shape index (κ3) is 3.66. The van der Waals surface area contributed by atoms with Crippen LogP contribution in [0.2, 0.25) is 0 Å². The zero-order valence-electron chi connectivity index (χ0n) is 13.4. The summed E-state index contributed by atoms with van der Waals surface area (Å²) in [6.45, 7) is 0. The van der Waals surface area contributed by atoms with Crippen molar-refractivity contribution in [2.24, 2.45) is 5.73 Å². The number of carbonyl (C=O) groups excluding carboxylic acids is 1. The van der Waals surface area contributed by atoms with Gasteiger partial charge in [-0.25, -0.2) is 4.98 Å². The van der Waals surface area contributed by atoms with Crippen LogP contribution in [-0.4, -0.2) is 10.9 Å². The molecule has 4 nitrogen and oxygen atoms in total. The number of rotatable bonds is 4. The summed E-state index contributed by atoms with van der Waals surface area (Å²) in [5.41, 5.74) is 4.48. The molecule has 0 saturated carbocycles. The van der Waals surface area contributed by atoms with Gasteiger partial charge in [-0.2, -0.15) is 13.2 Å². The Labute approximate surface area is 147 Å². The van der Waals surface area contributed by atoms with Gasteiger partial charge in [0.1, 0.15) is 5.82 Å². The van der Waals surface area contributed by atoms with Crippen LogP contribution < -0.4 is 11.1 Å². The number of primary amides is 1. The number of hydrogen-bond donors (Lipinski definition) is 2. The molecule has 0 aliphatic carbocycles. The lowest BCUT2D eigenvalue weighted by atomic mass is 10.0. The molecule has 3 N–H and O–H groups in total. The molecule has 0 aliphatic rings. The van der Waals surface area contributed by atoms with Crippen LogP contribution in [0.25, 0.3) is 11.3 Å². The maximum Gasteiger partial charge on any atom is 0.417 e. The summed E-state index contributed by atoms with van der Waals surface area (Å²) in [7, 11) is 0. The van der Waals surface area contributed by atoms with Gasteiger partial charge in [-0.3, -0.25) is 4.79 Å². The molecule has 7 heteroatoms. The van der Waals surface area contributed by atoms with Gasteiger partial charge in [0.2, 0.25) is 0 Å². The molecule has 1 amide bonds. The van der Waals surface area contributed by atoms with Crippen molar-refractivity contribution in [2.75, 3.05) is 5.32 Å². The molecule has 1 heterocycles. The predicted octanol–water partition coefficient (Wildman–Crippen LogP) is 4.61. The lowest BCUT2D eigenvalue weighted by Gasteiger charge is -2.17. The Hall–Kier alpha value is -3.35. The second-order valence-electron chi connectivity index (χ2n) is 5.50. The number of hydrogen-bond acceptors (Lipinski definition) is 3. The fourth-order valence-corrected chi connectivity index (χ4v) is 2.52. The number of amides is 1. The summed E-state index contributed by atoms with van der Waals surface area (Å²) >= 11 is 0. The quantitative estimate of drug-likeness (QED) is 0.716. The zero-order chi connectivity index (χ0) is 18.7. The molecule has 0 fully saturated rings. The van der Waals surface area contributed by atoms with E-state index in [1.54, 1.807) is 60.7 Å². The van der Waals surface area contributed by atoms with E-state index in [1.165, 1.54) is 0 Å². The van der Waals surface area contributed by atoms with Crippen LogP contribution in [0.4, 0.5) is 24.7 Å². The number of nitrogens with one attached hydrogen (secondary N) is 1. The number of carbonyl (C=O) groups is 1. The molecular weight excluding hydrogens is 343 g/mol. The minimum Gasteiger partial charge on any atom is -0.365 e. The van der Waals surface area contributed by atoms with Gasteiger partial charge in [-0.05, 0) is 18.2 Å². The van der Waals surface area contributed by atoms with Crippen molar-refractivity contribution in [2.45, 2.75) is 6.18 Å². The maximum atomic E-state index is 13.6. The lowest BCUT2D eigenvalue weighted by molar-refractivity contribution is -0.137. The second kappa shape index (κ2) is 6.87. The van der Waals surface area contributed by atoms with Crippen molar-refractivity contribution in [1.29, 1.82) is 0 Å². The number of anilines is 2. The van der Waals surface area contributed by atoms with E-state index in [0.29, 0.717) is 11.3 Å². The number of pyridine rings is 1. The van der Waals surface area contributed by atoms with Gasteiger partial charge in [0.25, 0.3) is 5.91 Å². The Morgan fingerprint density at radius 3 is 2.08 bits per heavy atom. The molecule has 0 aliphatic heterocycles. The number of nitrogens with two attached hydrogens (primary N) is 1. The average Bonchev–Trinajstić information content (AvgIpc) is 2.61. The van der Waals surface area contributed by atoms with Crippen LogP contribution in [0, 0.1) is 0 Å². The summed E-state index contributed by atoms with van der Waals surface area (Å²) in [6.07, 6.45) is -4.76. The van der Waals surface area contributed by atoms with Crippen LogP contribution in [0.3, 0.4) is 0 Å². The monoisotopic (exact) mass is 357 g/mol. The number of aromatic nitrogens is 1. The molecule has 0 radical (unpaired) electrons. The van der Waals surface area contributed by atoms with E-state index in [-0.39, 0.29) is 11.5 Å². The molecule has 26 heavy (non-hydrogen) atoms. The first-order chi connectivity index (χ1) is 12.4. The molecule has 3 rings (SSSR count). The van der Waals surface area contributed by atoms with Gasteiger partial charge in [0, 0.05) is 11.3 Å². The predicted molar refractivity (Wildman–Crippen MR) is 92.9 cm³/mol. The molecular formula is C19H14F3N3O. The van der Waals surface area contributed by atoms with Gasteiger partial charge in [-0.15, -0.1) is 0 Å². The molecule has 0 atom stereocenters. The maximum absolute atomic E-state index is 13.6. The highest BCUT2D eigenvalue weighted by Gasteiger charge is 2.37. The molecule has 132 valence electrons. The Kier molecular flexibility index (Phi) is 4.62. The Morgan fingerprint density at radius 2 is 1.54 bits per heavy atom. The van der Waals surface area contributed by atoms with Crippen LogP contribution in [-0.2, 0) is 6.18 Å². The third-order valence-electron chi connectivity index (χ3n) is 3.68. The van der Waals surface area contributed by atoms with Crippen molar-refractivity contribution < 1.29 is 18.0 Å². The van der Waals surface area contributed by atoms with E-state index in [0.717, 1.165) is 6.07 Å². The first-order valence-electron chi connectivity index (χ1n) is 7.66. The molecule has 1 aromatic heterocycles. The van der Waals surface area contributed by atoms with Crippen molar-refractivity contribution in [3.8, 4) is 11.3 Å². The first-order valence-corrected chi connectivity index (χ1v) is 7.66. The Balaban J connectivity index is 2.24. The van der Waals surface area contributed by atoms with Gasteiger partial charge >= 0.3 is 6.18 Å². The highest BCUT2D eigenvalue weighted by atomic mass is 19.4. The van der Waals surface area contributed by atoms with Gasteiger partial charge in [0.15, 0.2) is 0 Å². The largest absolute Gasteiger partial charge is 0.417 e. The number of nitrogens with zero attached hydrogens (tertiary/aromatic N) is 1. The summed E-state index contributed by atoms with van der Waals surface area (Å²) in [4.78, 5) is 16.0. The van der Waals surface area contributed by atoms with E-state index in [2.05, 4.69) is 10.3 Å². The van der Waals surface area contributed by atoms with E-state index in [4.69, 9.17) is 5.73 Å². The minimum atomic E-state index is -4.76. The molecule has 0 saturated heterocycles. The van der Waals surface area contributed by atoms with E-state index >= 15 is 0 Å². The first kappa shape index (κ1) is 17.5. The van der Waals surface area contributed by atoms with Crippen LogP contribution in [0.15, 0.2) is 66.7 Å². The molecule has 3 aromatic rings. The number of alkyl halides is 3. The van der Waals surface area contributed by atoms with E-state index in [1.807, 2.05) is 0 Å². The third-order valence-corrected chi connectivity index (χ3v) is 3.68. The van der Waals surface area contributed by atoms with Gasteiger partial charge in [0.05, 0.1) is 16.8 Å². The van der Waals surface area contributed by atoms with Crippen LogP contribution >= 0.6 is 0 Å². The van der Waals surface area contributed by atoms with E-state index < -0.39 is 23.2 Å². The second-order valence-corrected chi connectivity index (χ2v) is 5.50. The summed E-state index contributed by atoms with van der Waals surface area (Å²) < 4.78 is 40.7. The van der Waals surface area contributed by atoms with Crippen LogP contribution in [0.1, 0.15) is 15.9 Å². The van der Waals surface area contributed by atoms with E-state index in [9.17, 15) is 18.0 Å². The van der Waals surface area contributed by atoms with Gasteiger partial charge in [-0.1, -0.05) is 48.5 Å². The number of halogens is 3. The summed E-state index contributed by atoms with van der Waals surface area (Å²) in [5, 5.41) is 2.76. The zero-order valence-corrected chi connectivity index (χ0v) is 13.4. The SMILES string of the molecule is NC(=O)c1c(C(F)(F)F)cc(-c2ccccc2)nc1Nc1ccccc1. The highest BCUT2D eigenvalue weighted by Crippen LogP contribution is 2.37. The Bertz CT molecular complexity index is 926. The number of para-hydroxylation sites is 1. The minimum absolute atomic E-state index is 0.0846. The summed E-state index contributed by atoms with van der Waals surface area (Å²) in [5.74, 6) is -1.44. The summed E-state index contributed by atoms with van der Waals surface area (Å²) in [6, 6.07) is 17.7. The number of benzene rings is 2. The molecule has 2 aromatic carbocycles. The average molecular weight is 357 g/mol. The Morgan fingerprint density at radius 1 is 0.962 bits per heavy atom. The molecule has 0 spiro atoms. The van der Waals surface area contributed by atoms with Crippen molar-refractivity contribution in [1.82, 2.24) is 4.98 Å². The fraction of sp³-hybridized carbons (Fsp3) is 0.0526. The topological polar surface area (TPSA) is 68.0 Å². The van der Waals surface area contributed by atoms with Crippen molar-refractivity contribution >= 4 is 17.4 Å². The normalized spacial score (nSPS) is 11.2. The highest BCUT2D eigenvalue weighted by molar-refractivity contribution is 6.00. The smallest absolute Gasteiger partial charge is 0.365 e. The standard InChI is InChI=1S/C19H14F3N3O/c20-19(21,22)14-11-15(12-7-3-1-4-8-12)25-18(16(14)17(23)26)24-13-9-5-2-6-10-13/h1-11H,(H2,23,26)(H,24,25). The van der Waals surface area contributed by atoms with Gasteiger partial charge < -0.3 is 11.1 Å². The van der Waals surface area contributed by atoms with Crippen molar-refractivity contribution in [3.05, 3.63) is 77.9 Å². The van der Waals surface area contributed by atoms with Crippen molar-refractivity contribution in [3.63, 3.8) is 0 Å². The molecule has 0 unspecified atom stereocenters.